The van der Waals surface area contributed by atoms with Crippen LogP contribution in [0.5, 0.6) is 5.75 Å². The van der Waals surface area contributed by atoms with Crippen LogP contribution in [0.2, 0.25) is 0 Å². The van der Waals surface area contributed by atoms with E-state index in [4.69, 9.17) is 9.84 Å². The van der Waals surface area contributed by atoms with Gasteiger partial charge in [0.25, 0.3) is 0 Å². The Kier molecular flexibility index (Phi) is 6.82. The van der Waals surface area contributed by atoms with Crippen molar-refractivity contribution < 1.29 is 14.6 Å². The van der Waals surface area contributed by atoms with Gasteiger partial charge in [0.2, 0.25) is 0 Å². The van der Waals surface area contributed by atoms with E-state index in [0.717, 1.165) is 16.9 Å². The Balaban J connectivity index is 1.53. The number of hydrogen-bond donors (Lipinski definition) is 1. The van der Waals surface area contributed by atoms with Crippen molar-refractivity contribution >= 4 is 27.4 Å². The quantitative estimate of drug-likeness (QED) is 0.297. The summed E-state index contributed by atoms with van der Waals surface area (Å²) in [6.45, 7) is 6.51. The Bertz CT molecular complexity index is 1330. The molecule has 0 amide bonds. The maximum Gasteiger partial charge on any atom is 0.304 e. The number of fused-ring (bicyclic) bond motifs is 1. The van der Waals surface area contributed by atoms with Crippen molar-refractivity contribution in [3.05, 3.63) is 88.3 Å². The molecule has 1 aromatic heterocycles. The molecule has 3 aromatic carbocycles. The molecule has 3 nitrogen and oxygen atoms in total. The van der Waals surface area contributed by atoms with Gasteiger partial charge >= 0.3 is 5.97 Å². The average Bonchev–Trinajstić information content (AvgIpc) is 3.20. The summed E-state index contributed by atoms with van der Waals surface area (Å²) in [7, 11) is 0. The first-order valence-electron chi connectivity index (χ1n) is 10.9. The van der Waals surface area contributed by atoms with Gasteiger partial charge in [-0.25, -0.2) is 0 Å². The van der Waals surface area contributed by atoms with Gasteiger partial charge in [-0.3, -0.25) is 4.79 Å². The Morgan fingerprint density at radius 2 is 1.79 bits per heavy atom. The van der Waals surface area contributed by atoms with Crippen LogP contribution >= 0.6 is 11.3 Å². The third-order valence-electron chi connectivity index (χ3n) is 5.77. The summed E-state index contributed by atoms with van der Waals surface area (Å²) in [4.78, 5) is 11.1. The molecular weight excluding hydrogens is 428 g/mol. The number of thiophene rings is 1. The third kappa shape index (κ3) is 5.10. The number of carboxylic acid groups (broad SMARTS) is 1. The van der Waals surface area contributed by atoms with Crippen molar-refractivity contribution in [3.63, 3.8) is 0 Å². The van der Waals surface area contributed by atoms with E-state index in [1.165, 1.54) is 32.3 Å². The summed E-state index contributed by atoms with van der Waals surface area (Å²) in [6.07, 6.45) is -0.00953. The van der Waals surface area contributed by atoms with Crippen molar-refractivity contribution in [1.29, 1.82) is 0 Å². The maximum atomic E-state index is 11.1. The molecule has 1 atom stereocenters. The molecule has 0 aliphatic rings. The molecule has 1 heterocycles. The van der Waals surface area contributed by atoms with E-state index >= 15 is 0 Å². The van der Waals surface area contributed by atoms with Crippen molar-refractivity contribution in [3.8, 4) is 28.7 Å². The van der Waals surface area contributed by atoms with Gasteiger partial charge in [-0.15, -0.1) is 17.3 Å². The van der Waals surface area contributed by atoms with Crippen LogP contribution in [-0.4, -0.2) is 11.1 Å². The topological polar surface area (TPSA) is 46.5 Å². The SMILES string of the molecule is CC#CC(CC(=O)O)c1ccc(OCc2ccc3scc(-c4c(C)cccc4C)c3c2)cc1. The van der Waals surface area contributed by atoms with Crippen molar-refractivity contribution in [1.82, 2.24) is 0 Å². The predicted octanol–water partition coefficient (Wildman–Crippen LogP) is 7.35. The Labute approximate surface area is 198 Å². The van der Waals surface area contributed by atoms with E-state index in [1.807, 2.05) is 24.3 Å². The monoisotopic (exact) mass is 454 g/mol. The molecular formula is C29H26O3S. The van der Waals surface area contributed by atoms with Crippen molar-refractivity contribution in [2.45, 2.75) is 39.7 Å². The second kappa shape index (κ2) is 9.94. The van der Waals surface area contributed by atoms with E-state index in [2.05, 4.69) is 67.5 Å². The zero-order chi connectivity index (χ0) is 23.4. The molecule has 33 heavy (non-hydrogen) atoms. The fraction of sp³-hybridized carbons (Fsp3) is 0.207. The van der Waals surface area contributed by atoms with Crippen LogP contribution in [0.1, 0.15) is 41.5 Å². The number of carboxylic acids is 1. The van der Waals surface area contributed by atoms with Crippen molar-refractivity contribution in [2.75, 3.05) is 0 Å². The lowest BCUT2D eigenvalue weighted by Crippen LogP contribution is -2.04. The number of hydrogen-bond acceptors (Lipinski definition) is 3. The Hall–Kier alpha value is -3.55. The smallest absolute Gasteiger partial charge is 0.304 e. The zero-order valence-electron chi connectivity index (χ0n) is 19.0. The van der Waals surface area contributed by atoms with Gasteiger partial charge in [0.15, 0.2) is 0 Å². The third-order valence-corrected chi connectivity index (χ3v) is 6.74. The van der Waals surface area contributed by atoms with Crippen LogP contribution < -0.4 is 4.74 Å². The molecule has 0 spiro atoms. The van der Waals surface area contributed by atoms with Crippen LogP contribution in [0.4, 0.5) is 0 Å². The standard InChI is InChI=1S/C29H26O3S/c1-4-6-23(16-28(30)31)22-10-12-24(13-11-22)32-17-21-9-14-27-25(15-21)26(18-33-27)29-19(2)7-5-8-20(29)3/h5,7-15,18,23H,16-17H2,1-3H3,(H,30,31). The largest absolute Gasteiger partial charge is 0.489 e. The Morgan fingerprint density at radius 1 is 1.06 bits per heavy atom. The number of aryl methyl sites for hydroxylation is 2. The van der Waals surface area contributed by atoms with Crippen LogP contribution in [0, 0.1) is 25.7 Å². The number of ether oxygens (including phenoxy) is 1. The summed E-state index contributed by atoms with van der Waals surface area (Å²) in [5, 5.41) is 12.6. The average molecular weight is 455 g/mol. The van der Waals surface area contributed by atoms with Crippen LogP contribution in [0.15, 0.2) is 66.0 Å². The minimum absolute atomic E-state index is 0.00953. The molecule has 0 radical (unpaired) electrons. The lowest BCUT2D eigenvalue weighted by atomic mass is 9.95. The molecule has 0 saturated carbocycles. The van der Waals surface area contributed by atoms with E-state index in [1.54, 1.807) is 18.3 Å². The van der Waals surface area contributed by atoms with E-state index in [0.29, 0.717) is 6.61 Å². The second-order valence-corrected chi connectivity index (χ2v) is 9.06. The molecule has 166 valence electrons. The fourth-order valence-corrected chi connectivity index (χ4v) is 5.10. The predicted molar refractivity (Wildman–Crippen MR) is 136 cm³/mol. The lowest BCUT2D eigenvalue weighted by molar-refractivity contribution is -0.137. The molecule has 4 aromatic rings. The van der Waals surface area contributed by atoms with Crippen LogP contribution in [0.25, 0.3) is 21.2 Å². The van der Waals surface area contributed by atoms with Gasteiger partial charge in [0.1, 0.15) is 12.4 Å². The van der Waals surface area contributed by atoms with Crippen molar-refractivity contribution in [2.24, 2.45) is 0 Å². The van der Waals surface area contributed by atoms with E-state index in [9.17, 15) is 4.79 Å². The molecule has 0 bridgehead atoms. The first-order valence-corrected chi connectivity index (χ1v) is 11.8. The molecule has 1 unspecified atom stereocenters. The molecule has 4 rings (SSSR count). The highest BCUT2D eigenvalue weighted by atomic mass is 32.1. The minimum Gasteiger partial charge on any atom is -0.489 e. The molecule has 0 aliphatic heterocycles. The highest BCUT2D eigenvalue weighted by molar-refractivity contribution is 7.17. The molecule has 0 aliphatic carbocycles. The lowest BCUT2D eigenvalue weighted by Gasteiger charge is -2.12. The van der Waals surface area contributed by atoms with Gasteiger partial charge in [0.05, 0.1) is 12.3 Å². The molecule has 1 N–H and O–H groups in total. The summed E-state index contributed by atoms with van der Waals surface area (Å²) >= 11 is 1.77. The normalized spacial score (nSPS) is 11.6. The summed E-state index contributed by atoms with van der Waals surface area (Å²) in [5.41, 5.74) is 7.15. The molecule has 0 fully saturated rings. The van der Waals surface area contributed by atoms with E-state index < -0.39 is 5.97 Å². The summed E-state index contributed by atoms with van der Waals surface area (Å²) in [6, 6.07) is 20.5. The molecule has 4 heteroatoms. The van der Waals surface area contributed by atoms with E-state index in [-0.39, 0.29) is 12.3 Å². The first-order chi connectivity index (χ1) is 16.0. The first kappa shape index (κ1) is 22.6. The van der Waals surface area contributed by atoms with Gasteiger partial charge in [-0.05, 0) is 78.2 Å². The second-order valence-electron chi connectivity index (χ2n) is 8.15. The van der Waals surface area contributed by atoms with Gasteiger partial charge < -0.3 is 9.84 Å². The maximum absolute atomic E-state index is 11.1. The van der Waals surface area contributed by atoms with Gasteiger partial charge in [-0.2, -0.15) is 0 Å². The Morgan fingerprint density at radius 3 is 2.45 bits per heavy atom. The highest BCUT2D eigenvalue weighted by Gasteiger charge is 2.14. The fourth-order valence-electron chi connectivity index (χ4n) is 4.16. The van der Waals surface area contributed by atoms with Gasteiger partial charge in [-0.1, -0.05) is 42.3 Å². The summed E-state index contributed by atoms with van der Waals surface area (Å²) in [5.74, 6) is 5.38. The minimum atomic E-state index is -0.854. The van der Waals surface area contributed by atoms with Crippen LogP contribution in [0.3, 0.4) is 0 Å². The number of aliphatic carboxylic acids is 1. The van der Waals surface area contributed by atoms with Gasteiger partial charge in [0, 0.05) is 15.6 Å². The number of benzene rings is 3. The number of rotatable bonds is 7. The number of carbonyl (C=O) groups is 1. The van der Waals surface area contributed by atoms with Crippen LogP contribution in [-0.2, 0) is 11.4 Å². The highest BCUT2D eigenvalue weighted by Crippen LogP contribution is 2.38. The summed E-state index contributed by atoms with van der Waals surface area (Å²) < 4.78 is 7.30. The zero-order valence-corrected chi connectivity index (χ0v) is 19.8. The molecule has 0 saturated heterocycles.